The maximum atomic E-state index is 11.4. The molecule has 1 heterocycles. The Morgan fingerprint density at radius 1 is 1.50 bits per heavy atom. The highest BCUT2D eigenvalue weighted by atomic mass is 16.5. The van der Waals surface area contributed by atoms with Gasteiger partial charge in [-0.25, -0.2) is 9.78 Å². The minimum Gasteiger partial charge on any atom is -0.497 e. The first-order valence-corrected chi connectivity index (χ1v) is 4.95. The van der Waals surface area contributed by atoms with Crippen molar-refractivity contribution in [2.45, 2.75) is 6.92 Å². The predicted octanol–water partition coefficient (Wildman–Crippen LogP) is 1.75. The summed E-state index contributed by atoms with van der Waals surface area (Å²) in [6.07, 6.45) is 0. The van der Waals surface area contributed by atoms with E-state index in [1.165, 1.54) is 0 Å². The maximum Gasteiger partial charge on any atom is 0.374 e. The average molecular weight is 220 g/mol. The van der Waals surface area contributed by atoms with Gasteiger partial charge in [-0.05, 0) is 19.1 Å². The van der Waals surface area contributed by atoms with Crippen LogP contribution in [-0.4, -0.2) is 29.7 Å². The summed E-state index contributed by atoms with van der Waals surface area (Å²) < 4.78 is 9.93. The summed E-state index contributed by atoms with van der Waals surface area (Å²) in [6.45, 7) is 2.09. The Bertz CT molecular complexity index is 519. The largest absolute Gasteiger partial charge is 0.497 e. The molecule has 0 fully saturated rings. The Morgan fingerprint density at radius 2 is 2.31 bits per heavy atom. The van der Waals surface area contributed by atoms with Crippen molar-refractivity contribution < 1.29 is 14.3 Å². The van der Waals surface area contributed by atoms with Gasteiger partial charge in [-0.1, -0.05) is 0 Å². The van der Waals surface area contributed by atoms with E-state index in [9.17, 15) is 4.79 Å². The van der Waals surface area contributed by atoms with Gasteiger partial charge in [-0.2, -0.15) is 0 Å². The van der Waals surface area contributed by atoms with Gasteiger partial charge in [-0.15, -0.1) is 0 Å². The van der Waals surface area contributed by atoms with Crippen LogP contribution >= 0.6 is 0 Å². The van der Waals surface area contributed by atoms with Gasteiger partial charge in [0.15, 0.2) is 0 Å². The van der Waals surface area contributed by atoms with E-state index in [-0.39, 0.29) is 5.82 Å². The van der Waals surface area contributed by atoms with Crippen molar-refractivity contribution in [2.75, 3.05) is 13.7 Å². The number of rotatable bonds is 3. The SMILES string of the molecule is CCOC(=O)c1nc2ccc(OC)cc2[nH]1. The zero-order chi connectivity index (χ0) is 11.5. The van der Waals surface area contributed by atoms with Crippen LogP contribution in [-0.2, 0) is 4.74 Å². The Kier molecular flexibility index (Phi) is 2.76. The van der Waals surface area contributed by atoms with Crippen molar-refractivity contribution in [1.29, 1.82) is 0 Å². The number of carbonyl (C=O) groups is 1. The number of ether oxygens (including phenoxy) is 2. The second-order valence-electron chi connectivity index (χ2n) is 3.19. The molecular formula is C11H12N2O3. The molecule has 2 aromatic rings. The molecule has 0 atom stereocenters. The lowest BCUT2D eigenvalue weighted by Gasteiger charge is -1.96. The van der Waals surface area contributed by atoms with Crippen molar-refractivity contribution in [3.8, 4) is 5.75 Å². The fraction of sp³-hybridized carbons (Fsp3) is 0.273. The van der Waals surface area contributed by atoms with E-state index in [0.717, 1.165) is 5.52 Å². The number of benzene rings is 1. The van der Waals surface area contributed by atoms with E-state index in [1.54, 1.807) is 32.2 Å². The third-order valence-corrected chi connectivity index (χ3v) is 2.16. The third kappa shape index (κ3) is 1.84. The second-order valence-corrected chi connectivity index (χ2v) is 3.19. The summed E-state index contributed by atoms with van der Waals surface area (Å²) in [5.74, 6) is 0.481. The van der Waals surface area contributed by atoms with Crippen molar-refractivity contribution in [3.05, 3.63) is 24.0 Å². The van der Waals surface area contributed by atoms with Gasteiger partial charge in [0.25, 0.3) is 0 Å². The Hall–Kier alpha value is -2.04. The molecule has 1 N–H and O–H groups in total. The zero-order valence-electron chi connectivity index (χ0n) is 9.11. The van der Waals surface area contributed by atoms with Crippen LogP contribution in [0, 0.1) is 0 Å². The molecule has 84 valence electrons. The lowest BCUT2D eigenvalue weighted by molar-refractivity contribution is 0.0514. The summed E-state index contributed by atoms with van der Waals surface area (Å²) in [7, 11) is 1.59. The average Bonchev–Trinajstić information content (AvgIpc) is 2.71. The Morgan fingerprint density at radius 3 is 3.00 bits per heavy atom. The number of imidazole rings is 1. The van der Waals surface area contributed by atoms with E-state index >= 15 is 0 Å². The summed E-state index contributed by atoms with van der Waals surface area (Å²) in [5.41, 5.74) is 1.46. The minimum atomic E-state index is -0.447. The van der Waals surface area contributed by atoms with Gasteiger partial charge in [-0.3, -0.25) is 0 Å². The van der Waals surface area contributed by atoms with Crippen LogP contribution in [0.5, 0.6) is 5.75 Å². The number of nitrogens with one attached hydrogen (secondary N) is 1. The van der Waals surface area contributed by atoms with Gasteiger partial charge in [0.1, 0.15) is 5.75 Å². The molecule has 0 aliphatic carbocycles. The van der Waals surface area contributed by atoms with Crippen LogP contribution in [0.2, 0.25) is 0 Å². The van der Waals surface area contributed by atoms with Gasteiger partial charge in [0, 0.05) is 6.07 Å². The molecule has 1 aromatic carbocycles. The number of aromatic nitrogens is 2. The Labute approximate surface area is 92.4 Å². The first-order chi connectivity index (χ1) is 7.74. The number of methoxy groups -OCH3 is 1. The molecule has 0 bridgehead atoms. The first-order valence-electron chi connectivity index (χ1n) is 4.95. The molecule has 0 saturated heterocycles. The van der Waals surface area contributed by atoms with Gasteiger partial charge >= 0.3 is 5.97 Å². The molecule has 0 radical (unpaired) electrons. The Balaban J connectivity index is 2.39. The number of carbonyl (C=O) groups excluding carboxylic acids is 1. The number of nitrogens with zero attached hydrogens (tertiary/aromatic N) is 1. The summed E-state index contributed by atoms with van der Waals surface area (Å²) >= 11 is 0. The fourth-order valence-electron chi connectivity index (χ4n) is 1.41. The highest BCUT2D eigenvalue weighted by molar-refractivity contribution is 5.90. The van der Waals surface area contributed by atoms with E-state index < -0.39 is 5.97 Å². The molecule has 0 aliphatic heterocycles. The molecule has 5 nitrogen and oxygen atoms in total. The van der Waals surface area contributed by atoms with Gasteiger partial charge in [0.2, 0.25) is 5.82 Å². The molecule has 0 spiro atoms. The zero-order valence-corrected chi connectivity index (χ0v) is 9.11. The number of fused-ring (bicyclic) bond motifs is 1. The normalized spacial score (nSPS) is 10.4. The quantitative estimate of drug-likeness (QED) is 0.800. The topological polar surface area (TPSA) is 64.2 Å². The van der Waals surface area contributed by atoms with Crippen LogP contribution in [0.25, 0.3) is 11.0 Å². The van der Waals surface area contributed by atoms with Crippen LogP contribution in [0.1, 0.15) is 17.5 Å². The summed E-state index contributed by atoms with van der Waals surface area (Å²) in [5, 5.41) is 0. The van der Waals surface area contributed by atoms with Gasteiger partial charge < -0.3 is 14.5 Å². The van der Waals surface area contributed by atoms with E-state index in [2.05, 4.69) is 9.97 Å². The summed E-state index contributed by atoms with van der Waals surface area (Å²) in [4.78, 5) is 18.4. The molecular weight excluding hydrogens is 208 g/mol. The standard InChI is InChI=1S/C11H12N2O3/c1-3-16-11(14)10-12-8-5-4-7(15-2)6-9(8)13-10/h4-6H,3H2,1-2H3,(H,12,13). The van der Waals surface area contributed by atoms with Crippen molar-refractivity contribution in [2.24, 2.45) is 0 Å². The van der Waals surface area contributed by atoms with E-state index in [1.807, 2.05) is 0 Å². The number of esters is 1. The van der Waals surface area contributed by atoms with E-state index in [4.69, 9.17) is 9.47 Å². The summed E-state index contributed by atoms with van der Waals surface area (Å²) in [6, 6.07) is 5.36. The molecule has 16 heavy (non-hydrogen) atoms. The molecule has 0 amide bonds. The van der Waals surface area contributed by atoms with Crippen molar-refractivity contribution in [1.82, 2.24) is 9.97 Å². The third-order valence-electron chi connectivity index (χ3n) is 2.16. The van der Waals surface area contributed by atoms with Crippen molar-refractivity contribution >= 4 is 17.0 Å². The number of H-pyrrole nitrogens is 1. The molecule has 0 aliphatic rings. The number of hydrogen-bond acceptors (Lipinski definition) is 4. The lowest BCUT2D eigenvalue weighted by Crippen LogP contribution is -2.06. The molecule has 2 rings (SSSR count). The van der Waals surface area contributed by atoms with Crippen LogP contribution in [0.15, 0.2) is 18.2 Å². The van der Waals surface area contributed by atoms with E-state index in [0.29, 0.717) is 17.9 Å². The van der Waals surface area contributed by atoms with Crippen LogP contribution in [0.4, 0.5) is 0 Å². The van der Waals surface area contributed by atoms with Crippen LogP contribution < -0.4 is 4.74 Å². The monoisotopic (exact) mass is 220 g/mol. The number of aromatic amines is 1. The van der Waals surface area contributed by atoms with Gasteiger partial charge in [0.05, 0.1) is 24.8 Å². The highest BCUT2D eigenvalue weighted by Gasteiger charge is 2.12. The second kappa shape index (κ2) is 4.22. The maximum absolute atomic E-state index is 11.4. The molecule has 0 saturated carbocycles. The number of hydrogen-bond donors (Lipinski definition) is 1. The predicted molar refractivity (Wildman–Crippen MR) is 58.6 cm³/mol. The first kappa shape index (κ1) is 10.5. The molecule has 0 unspecified atom stereocenters. The highest BCUT2D eigenvalue weighted by Crippen LogP contribution is 2.18. The lowest BCUT2D eigenvalue weighted by atomic mass is 10.3. The minimum absolute atomic E-state index is 0.213. The van der Waals surface area contributed by atoms with Crippen LogP contribution in [0.3, 0.4) is 0 Å². The smallest absolute Gasteiger partial charge is 0.374 e. The molecule has 1 aromatic heterocycles. The fourth-order valence-corrected chi connectivity index (χ4v) is 1.41. The molecule has 5 heteroatoms. The van der Waals surface area contributed by atoms with Crippen molar-refractivity contribution in [3.63, 3.8) is 0 Å².